The van der Waals surface area contributed by atoms with Crippen LogP contribution in [-0.2, 0) is 4.57 Å². The van der Waals surface area contributed by atoms with Crippen LogP contribution >= 0.6 is 18.5 Å². The molecule has 0 aliphatic carbocycles. The SMILES string of the molecule is O=P(c1ccccc1)(c1ccccc1)c1cccc(-c2cccc(-c3nc4ccc(-c5cccc6c5oc5ccccc56)cc4c4c3sc3ccccc34)c2)c1. The molecule has 8 aromatic carbocycles. The molecule has 0 radical (unpaired) electrons. The Hall–Kier alpha value is -6.58. The summed E-state index contributed by atoms with van der Waals surface area (Å²) in [5.74, 6) is 0. The zero-order valence-corrected chi connectivity index (χ0v) is 31.8. The minimum atomic E-state index is -3.14. The highest BCUT2D eigenvalue weighted by Gasteiger charge is 2.30. The van der Waals surface area contributed by atoms with E-state index in [1.54, 1.807) is 11.3 Å². The molecule has 0 fully saturated rings. The van der Waals surface area contributed by atoms with Crippen LogP contribution in [0.2, 0.25) is 0 Å². The first-order valence-electron chi connectivity index (χ1n) is 18.7. The molecule has 0 amide bonds. The molecule has 0 saturated heterocycles. The number of benzene rings is 8. The topological polar surface area (TPSA) is 43.1 Å². The number of rotatable bonds is 6. The molecule has 11 rings (SSSR count). The van der Waals surface area contributed by atoms with E-state index in [2.05, 4.69) is 109 Å². The van der Waals surface area contributed by atoms with E-state index in [4.69, 9.17) is 9.40 Å². The number of hydrogen-bond donors (Lipinski definition) is 0. The Morgan fingerprint density at radius 3 is 1.89 bits per heavy atom. The van der Waals surface area contributed by atoms with E-state index in [9.17, 15) is 0 Å². The Balaban J connectivity index is 1.07. The van der Waals surface area contributed by atoms with Crippen LogP contribution in [0.4, 0.5) is 0 Å². The van der Waals surface area contributed by atoms with Gasteiger partial charge >= 0.3 is 0 Å². The van der Waals surface area contributed by atoms with Gasteiger partial charge in [-0.2, -0.15) is 0 Å². The van der Waals surface area contributed by atoms with E-state index in [0.29, 0.717) is 0 Å². The van der Waals surface area contributed by atoms with Gasteiger partial charge in [0, 0.05) is 58.7 Å². The number of fused-ring (bicyclic) bond motifs is 8. The lowest BCUT2D eigenvalue weighted by Gasteiger charge is -2.20. The molecular weight excluding hydrogens is 722 g/mol. The molecule has 0 spiro atoms. The van der Waals surface area contributed by atoms with E-state index >= 15 is 4.57 Å². The average Bonchev–Trinajstić information content (AvgIpc) is 3.86. The molecule has 0 aliphatic heterocycles. The highest BCUT2D eigenvalue weighted by molar-refractivity contribution is 7.85. The first-order valence-corrected chi connectivity index (χ1v) is 21.2. The maximum absolute atomic E-state index is 15.3. The number of furan rings is 1. The Morgan fingerprint density at radius 2 is 1.09 bits per heavy atom. The second-order valence-corrected chi connectivity index (χ2v) is 18.0. The highest BCUT2D eigenvalue weighted by Crippen LogP contribution is 2.46. The Labute approximate surface area is 327 Å². The molecule has 3 nitrogen and oxygen atoms in total. The lowest BCUT2D eigenvalue weighted by atomic mass is 9.97. The highest BCUT2D eigenvalue weighted by atomic mass is 32.1. The molecule has 0 aliphatic rings. The van der Waals surface area contributed by atoms with Gasteiger partial charge in [0.15, 0.2) is 7.14 Å². The van der Waals surface area contributed by atoms with Crippen LogP contribution < -0.4 is 15.9 Å². The Bertz CT molecular complexity index is 3300. The van der Waals surface area contributed by atoms with Crippen LogP contribution in [-0.4, -0.2) is 4.98 Å². The Kier molecular flexibility index (Phi) is 7.63. The molecular formula is C51H32NO2PS. The lowest BCUT2D eigenvalue weighted by Crippen LogP contribution is -2.25. The zero-order chi connectivity index (χ0) is 37.2. The summed E-state index contributed by atoms with van der Waals surface area (Å²) in [7, 11) is -3.14. The summed E-state index contributed by atoms with van der Waals surface area (Å²) in [5, 5.41) is 8.24. The summed E-state index contributed by atoms with van der Waals surface area (Å²) in [6.07, 6.45) is 0. The van der Waals surface area contributed by atoms with Gasteiger partial charge in [0.1, 0.15) is 11.2 Å². The van der Waals surface area contributed by atoms with Gasteiger partial charge in [-0.1, -0.05) is 158 Å². The molecule has 0 saturated carbocycles. The molecule has 5 heteroatoms. The fourth-order valence-electron chi connectivity index (χ4n) is 8.27. The van der Waals surface area contributed by atoms with Gasteiger partial charge < -0.3 is 8.98 Å². The van der Waals surface area contributed by atoms with Crippen molar-refractivity contribution in [2.24, 2.45) is 0 Å². The predicted molar refractivity (Wildman–Crippen MR) is 238 cm³/mol. The van der Waals surface area contributed by atoms with Gasteiger partial charge in [-0.15, -0.1) is 11.3 Å². The number of hydrogen-bond acceptors (Lipinski definition) is 4. The fraction of sp³-hybridized carbons (Fsp3) is 0. The van der Waals surface area contributed by atoms with Gasteiger partial charge in [0.25, 0.3) is 0 Å². The quantitative estimate of drug-likeness (QED) is 0.159. The molecule has 0 bridgehead atoms. The summed E-state index contributed by atoms with van der Waals surface area (Å²) in [5.41, 5.74) is 8.94. The molecule has 11 aromatic rings. The van der Waals surface area contributed by atoms with Crippen molar-refractivity contribution in [1.82, 2.24) is 4.98 Å². The largest absolute Gasteiger partial charge is 0.455 e. The van der Waals surface area contributed by atoms with Crippen molar-refractivity contribution >= 4 is 87.4 Å². The summed E-state index contributed by atoms with van der Waals surface area (Å²) in [6.45, 7) is 0. The molecule has 0 atom stereocenters. The molecule has 0 N–H and O–H groups in total. The van der Waals surface area contributed by atoms with Crippen LogP contribution in [0.5, 0.6) is 0 Å². The van der Waals surface area contributed by atoms with Crippen LogP contribution in [0, 0.1) is 0 Å². The van der Waals surface area contributed by atoms with Crippen LogP contribution in [0.3, 0.4) is 0 Å². The van der Waals surface area contributed by atoms with Crippen LogP contribution in [0.25, 0.3) is 86.5 Å². The van der Waals surface area contributed by atoms with E-state index in [1.165, 1.54) is 15.5 Å². The van der Waals surface area contributed by atoms with Gasteiger partial charge in [-0.3, -0.25) is 0 Å². The average molecular weight is 754 g/mol. The first-order chi connectivity index (χ1) is 27.6. The molecule has 3 heterocycles. The van der Waals surface area contributed by atoms with Crippen LogP contribution in [0.15, 0.2) is 199 Å². The number of aromatic nitrogens is 1. The van der Waals surface area contributed by atoms with Crippen molar-refractivity contribution in [2.45, 2.75) is 0 Å². The summed E-state index contributed by atoms with van der Waals surface area (Å²) in [4.78, 5) is 5.41. The minimum Gasteiger partial charge on any atom is -0.455 e. The van der Waals surface area contributed by atoms with Crippen molar-refractivity contribution in [2.75, 3.05) is 0 Å². The molecule has 3 aromatic heterocycles. The zero-order valence-electron chi connectivity index (χ0n) is 30.1. The predicted octanol–water partition coefficient (Wildman–Crippen LogP) is 13.1. The number of para-hydroxylation sites is 2. The monoisotopic (exact) mass is 753 g/mol. The Morgan fingerprint density at radius 1 is 0.464 bits per heavy atom. The van der Waals surface area contributed by atoms with Crippen molar-refractivity contribution in [1.29, 1.82) is 0 Å². The first kappa shape index (κ1) is 32.8. The maximum atomic E-state index is 15.3. The van der Waals surface area contributed by atoms with Gasteiger partial charge in [0.05, 0.1) is 15.9 Å². The van der Waals surface area contributed by atoms with E-state index in [1.807, 2.05) is 84.9 Å². The number of thiophene rings is 1. The lowest BCUT2D eigenvalue weighted by molar-refractivity contribution is 0.592. The molecule has 56 heavy (non-hydrogen) atoms. The van der Waals surface area contributed by atoms with Crippen molar-refractivity contribution in [3.63, 3.8) is 0 Å². The van der Waals surface area contributed by atoms with Crippen molar-refractivity contribution < 1.29 is 8.98 Å². The number of nitrogens with zero attached hydrogens (tertiary/aromatic N) is 1. The normalized spacial score (nSPS) is 12.0. The minimum absolute atomic E-state index is 0.808. The third-order valence-corrected chi connectivity index (χ3v) is 15.2. The van der Waals surface area contributed by atoms with E-state index < -0.39 is 7.14 Å². The maximum Gasteiger partial charge on any atom is 0.171 e. The second kappa shape index (κ2) is 13.0. The molecule has 0 unspecified atom stereocenters. The van der Waals surface area contributed by atoms with Gasteiger partial charge in [0.2, 0.25) is 0 Å². The smallest absolute Gasteiger partial charge is 0.171 e. The van der Waals surface area contributed by atoms with Gasteiger partial charge in [-0.05, 0) is 53.1 Å². The number of pyridine rings is 1. The van der Waals surface area contributed by atoms with E-state index in [-0.39, 0.29) is 0 Å². The third kappa shape index (κ3) is 5.18. The van der Waals surface area contributed by atoms with E-state index in [0.717, 1.165) is 87.0 Å². The summed E-state index contributed by atoms with van der Waals surface area (Å²) < 4.78 is 24.1. The third-order valence-electron chi connectivity index (χ3n) is 10.9. The summed E-state index contributed by atoms with van der Waals surface area (Å²) >= 11 is 1.79. The molecule has 264 valence electrons. The summed E-state index contributed by atoms with van der Waals surface area (Å²) in [6, 6.07) is 66.5. The van der Waals surface area contributed by atoms with Crippen LogP contribution in [0.1, 0.15) is 0 Å². The standard InChI is InChI=1S/C51H32NO2PS/c53-55(37-17-3-1-4-18-37,38-19-5-2-6-20-38)39-21-12-15-34(31-39)33-14-11-16-36(30-33)49-51-48(43-23-8-10-27-47(43)56-51)44-32-35(28-29-45(44)52-49)40-24-13-25-42-41-22-7-9-26-46(41)54-50(40)42/h1-32H. The van der Waals surface area contributed by atoms with Crippen molar-refractivity contribution in [3.8, 4) is 33.5 Å². The second-order valence-electron chi connectivity index (χ2n) is 14.2. The van der Waals surface area contributed by atoms with Crippen molar-refractivity contribution in [3.05, 3.63) is 194 Å². The van der Waals surface area contributed by atoms with Gasteiger partial charge in [-0.25, -0.2) is 4.98 Å². The fourth-order valence-corrected chi connectivity index (χ4v) is 12.2.